The average Bonchev–Trinajstić information content (AvgIpc) is 3.10. The summed E-state index contributed by atoms with van der Waals surface area (Å²) in [5.74, 6) is 1.61. The summed E-state index contributed by atoms with van der Waals surface area (Å²) < 4.78 is 23.6. The summed E-state index contributed by atoms with van der Waals surface area (Å²) in [5.41, 5.74) is 1.43. The molecule has 1 amide bonds. The molecule has 24 heavy (non-hydrogen) atoms. The Bertz CT molecular complexity index is 713. The van der Waals surface area contributed by atoms with Crippen molar-refractivity contribution in [3.05, 3.63) is 59.4 Å². The third-order valence-electron chi connectivity index (χ3n) is 3.91. The van der Waals surface area contributed by atoms with Crippen molar-refractivity contribution in [1.29, 1.82) is 0 Å². The van der Waals surface area contributed by atoms with Crippen LogP contribution in [0.4, 0.5) is 4.39 Å². The maximum Gasteiger partial charge on any atom is 0.255 e. The van der Waals surface area contributed by atoms with Gasteiger partial charge < -0.3 is 14.4 Å². The first-order valence-corrected chi connectivity index (χ1v) is 8.58. The number of benzene rings is 2. The third-order valence-corrected chi connectivity index (χ3v) is 5.17. The first-order valence-electron chi connectivity index (χ1n) is 7.53. The Labute approximate surface area is 144 Å². The van der Waals surface area contributed by atoms with Gasteiger partial charge in [-0.25, -0.2) is 4.39 Å². The second-order valence-electron chi connectivity index (χ2n) is 5.37. The molecule has 1 heterocycles. The van der Waals surface area contributed by atoms with Gasteiger partial charge in [0.05, 0.1) is 14.2 Å². The third kappa shape index (κ3) is 3.33. The number of halogens is 1. The summed E-state index contributed by atoms with van der Waals surface area (Å²) in [7, 11) is 3.10. The van der Waals surface area contributed by atoms with Crippen molar-refractivity contribution in [3.8, 4) is 11.5 Å². The number of nitrogens with zero attached hydrogens (tertiary/aromatic N) is 1. The molecule has 0 unspecified atom stereocenters. The first kappa shape index (κ1) is 16.6. The molecule has 6 heteroatoms. The molecule has 0 saturated carbocycles. The second kappa shape index (κ2) is 7.13. The van der Waals surface area contributed by atoms with Crippen molar-refractivity contribution in [2.24, 2.45) is 0 Å². The van der Waals surface area contributed by atoms with Crippen LogP contribution < -0.4 is 9.47 Å². The number of methoxy groups -OCH3 is 2. The van der Waals surface area contributed by atoms with Crippen LogP contribution in [0.5, 0.6) is 11.5 Å². The summed E-state index contributed by atoms with van der Waals surface area (Å²) >= 11 is 1.67. The molecule has 1 fully saturated rings. The Balaban J connectivity index is 1.89. The van der Waals surface area contributed by atoms with E-state index in [1.807, 2.05) is 0 Å². The van der Waals surface area contributed by atoms with Gasteiger partial charge in [-0.2, -0.15) is 0 Å². The Morgan fingerprint density at radius 2 is 1.75 bits per heavy atom. The van der Waals surface area contributed by atoms with Crippen molar-refractivity contribution in [3.63, 3.8) is 0 Å². The van der Waals surface area contributed by atoms with Crippen molar-refractivity contribution in [1.82, 2.24) is 4.90 Å². The SMILES string of the molecule is COc1cc(OC)cc(C(=O)N2CCS[C@@H]2c2ccc(F)cc2)c1. The molecule has 2 aromatic carbocycles. The molecule has 1 aliphatic rings. The molecule has 0 bridgehead atoms. The number of rotatable bonds is 4. The molecule has 0 aromatic heterocycles. The zero-order chi connectivity index (χ0) is 17.1. The van der Waals surface area contributed by atoms with Crippen LogP contribution in [0.1, 0.15) is 21.3 Å². The lowest BCUT2D eigenvalue weighted by Crippen LogP contribution is -2.30. The summed E-state index contributed by atoms with van der Waals surface area (Å²) in [5, 5.41) is -0.115. The molecular formula is C18H18FNO3S. The van der Waals surface area contributed by atoms with Crippen molar-refractivity contribution < 1.29 is 18.7 Å². The van der Waals surface area contributed by atoms with E-state index in [-0.39, 0.29) is 17.1 Å². The largest absolute Gasteiger partial charge is 0.497 e. The van der Waals surface area contributed by atoms with E-state index in [1.165, 1.54) is 12.1 Å². The molecule has 126 valence electrons. The molecule has 3 rings (SSSR count). The highest BCUT2D eigenvalue weighted by molar-refractivity contribution is 7.99. The van der Waals surface area contributed by atoms with Gasteiger partial charge in [-0.05, 0) is 29.8 Å². The molecule has 0 N–H and O–H groups in total. The van der Waals surface area contributed by atoms with Gasteiger partial charge >= 0.3 is 0 Å². The smallest absolute Gasteiger partial charge is 0.255 e. The Kier molecular flexibility index (Phi) is 4.94. The minimum Gasteiger partial charge on any atom is -0.497 e. The fourth-order valence-electron chi connectivity index (χ4n) is 2.68. The predicted octanol–water partition coefficient (Wildman–Crippen LogP) is 3.73. The van der Waals surface area contributed by atoms with Gasteiger partial charge in [-0.1, -0.05) is 12.1 Å². The summed E-state index contributed by atoms with van der Waals surface area (Å²) in [6.45, 7) is 0.644. The number of carbonyl (C=O) groups is 1. The number of amides is 1. The van der Waals surface area contributed by atoms with Gasteiger partial charge in [0, 0.05) is 23.9 Å². The fourth-order valence-corrected chi connectivity index (χ4v) is 3.93. The quantitative estimate of drug-likeness (QED) is 0.845. The molecule has 1 saturated heterocycles. The lowest BCUT2D eigenvalue weighted by Gasteiger charge is -2.24. The van der Waals surface area contributed by atoms with E-state index >= 15 is 0 Å². The molecule has 2 aromatic rings. The van der Waals surface area contributed by atoms with Gasteiger partial charge in [-0.15, -0.1) is 11.8 Å². The molecule has 0 radical (unpaired) electrons. The Hall–Kier alpha value is -2.21. The summed E-state index contributed by atoms with van der Waals surface area (Å²) in [4.78, 5) is 14.8. The van der Waals surface area contributed by atoms with Crippen LogP contribution in [0.2, 0.25) is 0 Å². The Morgan fingerprint density at radius 3 is 2.33 bits per heavy atom. The standard InChI is InChI=1S/C18H18FNO3S/c1-22-15-9-13(10-16(11-15)23-2)17(21)20-7-8-24-18(20)12-3-5-14(19)6-4-12/h3-6,9-11,18H,7-8H2,1-2H3/t18-/m1/s1. The molecule has 0 spiro atoms. The molecule has 4 nitrogen and oxygen atoms in total. The van der Waals surface area contributed by atoms with Crippen LogP contribution in [-0.4, -0.2) is 37.3 Å². The zero-order valence-corrected chi connectivity index (χ0v) is 14.3. The number of ether oxygens (including phenoxy) is 2. The minimum atomic E-state index is -0.280. The van der Waals surface area contributed by atoms with Crippen LogP contribution in [0.25, 0.3) is 0 Å². The number of carbonyl (C=O) groups excluding carboxylic acids is 1. The number of hydrogen-bond donors (Lipinski definition) is 0. The second-order valence-corrected chi connectivity index (χ2v) is 6.56. The fraction of sp³-hybridized carbons (Fsp3) is 0.278. The zero-order valence-electron chi connectivity index (χ0n) is 13.5. The maximum atomic E-state index is 13.1. The number of thioether (sulfide) groups is 1. The van der Waals surface area contributed by atoms with Crippen LogP contribution >= 0.6 is 11.8 Å². The van der Waals surface area contributed by atoms with E-state index in [1.54, 1.807) is 61.2 Å². The van der Waals surface area contributed by atoms with Gasteiger partial charge in [-0.3, -0.25) is 4.79 Å². The van der Waals surface area contributed by atoms with E-state index in [4.69, 9.17) is 9.47 Å². The average molecular weight is 347 g/mol. The molecule has 1 aliphatic heterocycles. The van der Waals surface area contributed by atoms with E-state index in [2.05, 4.69) is 0 Å². The van der Waals surface area contributed by atoms with Gasteiger partial charge in [0.25, 0.3) is 5.91 Å². The van der Waals surface area contributed by atoms with E-state index in [9.17, 15) is 9.18 Å². The van der Waals surface area contributed by atoms with Crippen molar-refractivity contribution in [2.45, 2.75) is 5.37 Å². The van der Waals surface area contributed by atoms with E-state index < -0.39 is 0 Å². The van der Waals surface area contributed by atoms with Crippen molar-refractivity contribution >= 4 is 17.7 Å². The van der Waals surface area contributed by atoms with Crippen LogP contribution in [0.15, 0.2) is 42.5 Å². The predicted molar refractivity (Wildman–Crippen MR) is 92.2 cm³/mol. The van der Waals surface area contributed by atoms with Gasteiger partial charge in [0.1, 0.15) is 22.7 Å². The molecular weight excluding hydrogens is 329 g/mol. The monoisotopic (exact) mass is 347 g/mol. The first-order chi connectivity index (χ1) is 11.6. The highest BCUT2D eigenvalue weighted by Gasteiger charge is 2.31. The van der Waals surface area contributed by atoms with Gasteiger partial charge in [0.2, 0.25) is 0 Å². The van der Waals surface area contributed by atoms with E-state index in [0.717, 1.165) is 11.3 Å². The lowest BCUT2D eigenvalue weighted by molar-refractivity contribution is 0.0759. The normalized spacial score (nSPS) is 17.0. The van der Waals surface area contributed by atoms with Crippen LogP contribution in [0.3, 0.4) is 0 Å². The molecule has 1 atom stereocenters. The van der Waals surface area contributed by atoms with Crippen LogP contribution in [-0.2, 0) is 0 Å². The highest BCUT2D eigenvalue weighted by atomic mass is 32.2. The topological polar surface area (TPSA) is 38.8 Å². The Morgan fingerprint density at radius 1 is 1.12 bits per heavy atom. The minimum absolute atomic E-state index is 0.0912. The molecule has 0 aliphatic carbocycles. The maximum absolute atomic E-state index is 13.1. The summed E-state index contributed by atoms with van der Waals surface area (Å²) in [6, 6.07) is 11.4. The number of hydrogen-bond acceptors (Lipinski definition) is 4. The highest BCUT2D eigenvalue weighted by Crippen LogP contribution is 2.39. The lowest BCUT2D eigenvalue weighted by atomic mass is 10.1. The van der Waals surface area contributed by atoms with E-state index in [0.29, 0.717) is 23.6 Å². The van der Waals surface area contributed by atoms with Crippen LogP contribution in [0, 0.1) is 5.82 Å². The van der Waals surface area contributed by atoms with Crippen molar-refractivity contribution in [2.75, 3.05) is 26.5 Å². The summed E-state index contributed by atoms with van der Waals surface area (Å²) in [6.07, 6.45) is 0. The van der Waals surface area contributed by atoms with Gasteiger partial charge in [0.15, 0.2) is 0 Å².